The molecule has 0 fully saturated rings. The molecule has 0 saturated carbocycles. The van der Waals surface area contributed by atoms with Crippen LogP contribution in [0.25, 0.3) is 0 Å². The van der Waals surface area contributed by atoms with E-state index in [1.54, 1.807) is 18.4 Å². The molecule has 1 unspecified atom stereocenters. The van der Waals surface area contributed by atoms with Gasteiger partial charge in [0, 0.05) is 4.88 Å². The Morgan fingerprint density at radius 2 is 1.64 bits per heavy atom. The second-order valence-corrected chi connectivity index (χ2v) is 6.71. The first kappa shape index (κ1) is 17.5. The summed E-state index contributed by atoms with van der Waals surface area (Å²) in [7, 11) is 1.67. The molecular weight excluding hydrogens is 332 g/mol. The highest BCUT2D eigenvalue weighted by molar-refractivity contribution is 7.10. The molecule has 0 N–H and O–H groups in total. The Morgan fingerprint density at radius 3 is 2.28 bits per heavy atom. The van der Waals surface area contributed by atoms with Gasteiger partial charge in [0.1, 0.15) is 11.5 Å². The third-order valence-corrected chi connectivity index (χ3v) is 4.86. The van der Waals surface area contributed by atoms with E-state index in [0.29, 0.717) is 6.61 Å². The summed E-state index contributed by atoms with van der Waals surface area (Å²) in [4.78, 5) is 1.16. The Morgan fingerprint density at radius 1 is 0.880 bits per heavy atom. The minimum atomic E-state index is -0.138. The smallest absolute Gasteiger partial charge is 0.159 e. The Hall–Kier alpha value is -2.30. The number of hydrogen-bond acceptors (Lipinski definition) is 4. The molecule has 0 aliphatic carbocycles. The van der Waals surface area contributed by atoms with E-state index in [1.807, 2.05) is 60.7 Å². The van der Waals surface area contributed by atoms with E-state index in [-0.39, 0.29) is 12.2 Å². The van der Waals surface area contributed by atoms with Crippen LogP contribution in [0.5, 0.6) is 11.5 Å². The number of para-hydroxylation sites is 1. The number of ether oxygens (including phenoxy) is 3. The van der Waals surface area contributed by atoms with Crippen LogP contribution in [0, 0.1) is 0 Å². The van der Waals surface area contributed by atoms with Gasteiger partial charge in [0.25, 0.3) is 0 Å². The zero-order valence-electron chi connectivity index (χ0n) is 14.4. The third kappa shape index (κ3) is 4.84. The quantitative estimate of drug-likeness (QED) is 0.536. The van der Waals surface area contributed by atoms with Crippen molar-refractivity contribution >= 4 is 11.3 Å². The summed E-state index contributed by atoms with van der Waals surface area (Å²) < 4.78 is 17.5. The van der Waals surface area contributed by atoms with Crippen molar-refractivity contribution in [2.75, 3.05) is 7.11 Å². The Kier molecular flexibility index (Phi) is 6.09. The molecule has 0 aliphatic heterocycles. The normalized spacial score (nSPS) is 13.2. The molecule has 0 amide bonds. The van der Waals surface area contributed by atoms with E-state index in [2.05, 4.69) is 18.4 Å². The van der Waals surface area contributed by atoms with Crippen molar-refractivity contribution in [2.45, 2.75) is 25.7 Å². The highest BCUT2D eigenvalue weighted by Crippen LogP contribution is 2.30. The molecule has 1 aromatic heterocycles. The molecule has 130 valence electrons. The van der Waals surface area contributed by atoms with Crippen molar-refractivity contribution in [2.24, 2.45) is 0 Å². The van der Waals surface area contributed by atoms with Crippen molar-refractivity contribution < 1.29 is 14.2 Å². The maximum absolute atomic E-state index is 6.21. The lowest BCUT2D eigenvalue weighted by atomic mass is 10.1. The van der Waals surface area contributed by atoms with Gasteiger partial charge >= 0.3 is 0 Å². The van der Waals surface area contributed by atoms with Crippen molar-refractivity contribution in [1.82, 2.24) is 0 Å². The first-order valence-corrected chi connectivity index (χ1v) is 9.14. The van der Waals surface area contributed by atoms with Crippen molar-refractivity contribution in [3.63, 3.8) is 0 Å². The Labute approximate surface area is 152 Å². The van der Waals surface area contributed by atoms with Gasteiger partial charge in [-0.05, 0) is 48.2 Å². The second kappa shape index (κ2) is 8.70. The maximum Gasteiger partial charge on any atom is 0.159 e. The molecule has 0 saturated heterocycles. The largest absolute Gasteiger partial charge is 0.497 e. The summed E-state index contributed by atoms with van der Waals surface area (Å²) in [6.45, 7) is 2.59. The fourth-order valence-electron chi connectivity index (χ4n) is 2.52. The van der Waals surface area contributed by atoms with E-state index in [9.17, 15) is 0 Å². The Bertz CT molecular complexity index is 739. The van der Waals surface area contributed by atoms with Crippen LogP contribution < -0.4 is 9.47 Å². The minimum Gasteiger partial charge on any atom is -0.497 e. The number of thiophene rings is 1. The molecular formula is C21H22O3S. The van der Waals surface area contributed by atoms with Crippen LogP contribution in [0.3, 0.4) is 0 Å². The average molecular weight is 354 g/mol. The Balaban J connectivity index is 1.67. The summed E-state index contributed by atoms with van der Waals surface area (Å²) in [6.07, 6.45) is -0.221. The minimum absolute atomic E-state index is 0.0824. The molecule has 2 atom stereocenters. The first-order chi connectivity index (χ1) is 12.3. The van der Waals surface area contributed by atoms with Crippen LogP contribution in [0.1, 0.15) is 23.5 Å². The molecule has 3 rings (SSSR count). The van der Waals surface area contributed by atoms with Gasteiger partial charge in [0.2, 0.25) is 0 Å². The van der Waals surface area contributed by atoms with Gasteiger partial charge in [-0.2, -0.15) is 0 Å². The van der Waals surface area contributed by atoms with E-state index in [0.717, 1.165) is 21.9 Å². The molecule has 3 nitrogen and oxygen atoms in total. The topological polar surface area (TPSA) is 27.7 Å². The van der Waals surface area contributed by atoms with Crippen LogP contribution in [0.4, 0.5) is 0 Å². The fourth-order valence-corrected chi connectivity index (χ4v) is 3.37. The van der Waals surface area contributed by atoms with Gasteiger partial charge in [-0.3, -0.25) is 0 Å². The number of hydrogen-bond donors (Lipinski definition) is 0. The van der Waals surface area contributed by atoms with Gasteiger partial charge in [-0.1, -0.05) is 36.4 Å². The molecule has 2 aromatic carbocycles. The van der Waals surface area contributed by atoms with E-state index in [1.165, 1.54) is 0 Å². The molecule has 0 radical (unpaired) electrons. The lowest BCUT2D eigenvalue weighted by molar-refractivity contribution is -0.0238. The van der Waals surface area contributed by atoms with Gasteiger partial charge in [0.15, 0.2) is 6.10 Å². The van der Waals surface area contributed by atoms with E-state index < -0.39 is 0 Å². The van der Waals surface area contributed by atoms with Crippen molar-refractivity contribution in [1.29, 1.82) is 0 Å². The fraction of sp³-hybridized carbons (Fsp3) is 0.238. The van der Waals surface area contributed by atoms with Crippen LogP contribution in [-0.2, 0) is 11.3 Å². The lowest BCUT2D eigenvalue weighted by Crippen LogP contribution is -2.23. The zero-order valence-corrected chi connectivity index (χ0v) is 15.2. The van der Waals surface area contributed by atoms with Crippen LogP contribution in [-0.4, -0.2) is 13.2 Å². The average Bonchev–Trinajstić information content (AvgIpc) is 3.20. The molecule has 4 heteroatoms. The zero-order chi connectivity index (χ0) is 17.5. The lowest BCUT2D eigenvalue weighted by Gasteiger charge is -2.24. The summed E-state index contributed by atoms with van der Waals surface area (Å²) in [6, 6.07) is 21.9. The summed E-state index contributed by atoms with van der Waals surface area (Å²) in [5.74, 6) is 1.70. The predicted molar refractivity (Wildman–Crippen MR) is 101 cm³/mol. The van der Waals surface area contributed by atoms with Crippen LogP contribution in [0.15, 0.2) is 72.1 Å². The van der Waals surface area contributed by atoms with Gasteiger partial charge in [-0.25, -0.2) is 0 Å². The third-order valence-electron chi connectivity index (χ3n) is 3.93. The van der Waals surface area contributed by atoms with Crippen molar-refractivity contribution in [3.05, 3.63) is 82.6 Å². The summed E-state index contributed by atoms with van der Waals surface area (Å²) >= 11 is 1.68. The van der Waals surface area contributed by atoms with Gasteiger partial charge in [0.05, 0.1) is 19.8 Å². The van der Waals surface area contributed by atoms with Crippen LogP contribution in [0.2, 0.25) is 0 Å². The second-order valence-electron chi connectivity index (χ2n) is 5.73. The maximum atomic E-state index is 6.21. The molecule has 0 bridgehead atoms. The highest BCUT2D eigenvalue weighted by atomic mass is 32.1. The number of rotatable bonds is 8. The SMILES string of the molecule is COc1ccc(COC(C)[C@H](Oc2ccccc2)c2cccs2)cc1. The standard InChI is InChI=1S/C21H22O3S/c1-16(23-15-17-10-12-18(22-2)13-11-17)21(20-9-6-14-25-20)24-19-7-4-3-5-8-19/h3-14,16,21H,15H2,1-2H3/t16?,21-/m0/s1. The van der Waals surface area contributed by atoms with Crippen LogP contribution >= 0.6 is 11.3 Å². The molecule has 0 spiro atoms. The molecule has 25 heavy (non-hydrogen) atoms. The summed E-state index contributed by atoms with van der Waals surface area (Å²) in [5, 5.41) is 2.06. The monoisotopic (exact) mass is 354 g/mol. The summed E-state index contributed by atoms with van der Waals surface area (Å²) in [5.41, 5.74) is 1.11. The molecule has 0 aliphatic rings. The van der Waals surface area contributed by atoms with Gasteiger partial charge < -0.3 is 14.2 Å². The van der Waals surface area contributed by atoms with E-state index in [4.69, 9.17) is 14.2 Å². The van der Waals surface area contributed by atoms with E-state index >= 15 is 0 Å². The first-order valence-electron chi connectivity index (χ1n) is 8.26. The predicted octanol–water partition coefficient (Wildman–Crippen LogP) is 5.48. The molecule has 1 heterocycles. The number of benzene rings is 2. The van der Waals surface area contributed by atoms with Crippen molar-refractivity contribution in [3.8, 4) is 11.5 Å². The van der Waals surface area contributed by atoms with Gasteiger partial charge in [-0.15, -0.1) is 11.3 Å². The highest BCUT2D eigenvalue weighted by Gasteiger charge is 2.23. The number of methoxy groups -OCH3 is 1. The molecule has 3 aromatic rings.